The molecule has 0 unspecified atom stereocenters. The Morgan fingerprint density at radius 1 is 1.33 bits per heavy atom. The summed E-state index contributed by atoms with van der Waals surface area (Å²) in [7, 11) is 0. The van der Waals surface area contributed by atoms with Gasteiger partial charge < -0.3 is 10.6 Å². The fourth-order valence-electron chi connectivity index (χ4n) is 2.07. The Morgan fingerprint density at radius 2 is 2.00 bits per heavy atom. The number of hydrogen-bond acceptors (Lipinski definition) is 2. The van der Waals surface area contributed by atoms with Crippen LogP contribution in [-0.4, -0.2) is 25.0 Å². The predicted octanol–water partition coefficient (Wildman–Crippen LogP) is 1.68. The Balaban J connectivity index is 1.96. The van der Waals surface area contributed by atoms with Gasteiger partial charge in [0.15, 0.2) is 0 Å². The largest absolute Gasteiger partial charge is 0.355 e. The minimum absolute atomic E-state index is 0.127. The van der Waals surface area contributed by atoms with Crippen LogP contribution in [0.15, 0.2) is 0 Å². The molecule has 3 heteroatoms. The predicted molar refractivity (Wildman–Crippen MR) is 62.7 cm³/mol. The Labute approximate surface area is 93.0 Å². The zero-order valence-corrected chi connectivity index (χ0v) is 10.0. The van der Waals surface area contributed by atoms with Crippen LogP contribution < -0.4 is 10.6 Å². The highest BCUT2D eigenvalue weighted by Gasteiger charge is 2.14. The lowest BCUT2D eigenvalue weighted by molar-refractivity contribution is -0.120. The first-order valence-corrected chi connectivity index (χ1v) is 6.18. The van der Waals surface area contributed by atoms with E-state index in [1.807, 2.05) is 13.8 Å². The van der Waals surface area contributed by atoms with E-state index in [0.29, 0.717) is 12.6 Å². The second-order valence-corrected chi connectivity index (χ2v) is 4.82. The van der Waals surface area contributed by atoms with Crippen molar-refractivity contribution in [2.75, 3.05) is 13.1 Å². The lowest BCUT2D eigenvalue weighted by atomic mass is 10.0. The SMILES string of the molecule is CC(C)NCC(=O)NCCC1CCCC1. The van der Waals surface area contributed by atoms with Gasteiger partial charge in [-0.05, 0) is 12.3 Å². The third kappa shape index (κ3) is 5.78. The van der Waals surface area contributed by atoms with Gasteiger partial charge in [-0.1, -0.05) is 39.5 Å². The normalized spacial score (nSPS) is 17.3. The Bertz CT molecular complexity index is 186. The number of nitrogens with one attached hydrogen (secondary N) is 2. The molecule has 88 valence electrons. The second-order valence-electron chi connectivity index (χ2n) is 4.82. The minimum atomic E-state index is 0.127. The summed E-state index contributed by atoms with van der Waals surface area (Å²) >= 11 is 0. The number of amides is 1. The van der Waals surface area contributed by atoms with Crippen LogP contribution in [0, 0.1) is 5.92 Å². The molecule has 15 heavy (non-hydrogen) atoms. The van der Waals surface area contributed by atoms with E-state index in [0.717, 1.165) is 18.9 Å². The molecule has 3 nitrogen and oxygen atoms in total. The first-order chi connectivity index (χ1) is 7.18. The van der Waals surface area contributed by atoms with Crippen LogP contribution in [-0.2, 0) is 4.79 Å². The average Bonchev–Trinajstić information content (AvgIpc) is 2.67. The van der Waals surface area contributed by atoms with Crippen LogP contribution >= 0.6 is 0 Å². The maximum Gasteiger partial charge on any atom is 0.233 e. The summed E-state index contributed by atoms with van der Waals surface area (Å²) in [5, 5.41) is 6.08. The van der Waals surface area contributed by atoms with Crippen LogP contribution in [0.4, 0.5) is 0 Å². The lowest BCUT2D eigenvalue weighted by Gasteiger charge is -2.11. The van der Waals surface area contributed by atoms with Gasteiger partial charge in [-0.3, -0.25) is 4.79 Å². The monoisotopic (exact) mass is 212 g/mol. The number of rotatable bonds is 6. The molecule has 1 aliphatic rings. The van der Waals surface area contributed by atoms with Crippen molar-refractivity contribution in [2.45, 2.75) is 52.0 Å². The van der Waals surface area contributed by atoms with E-state index in [1.54, 1.807) is 0 Å². The highest BCUT2D eigenvalue weighted by Crippen LogP contribution is 2.26. The van der Waals surface area contributed by atoms with Crippen molar-refractivity contribution in [2.24, 2.45) is 5.92 Å². The highest BCUT2D eigenvalue weighted by atomic mass is 16.1. The van der Waals surface area contributed by atoms with Gasteiger partial charge in [0, 0.05) is 12.6 Å². The van der Waals surface area contributed by atoms with Crippen molar-refractivity contribution >= 4 is 5.91 Å². The van der Waals surface area contributed by atoms with Crippen molar-refractivity contribution in [1.29, 1.82) is 0 Å². The lowest BCUT2D eigenvalue weighted by Crippen LogP contribution is -2.37. The fourth-order valence-corrected chi connectivity index (χ4v) is 2.07. The van der Waals surface area contributed by atoms with Crippen molar-refractivity contribution in [3.63, 3.8) is 0 Å². The molecule has 0 saturated heterocycles. The molecule has 1 fully saturated rings. The molecule has 1 aliphatic carbocycles. The van der Waals surface area contributed by atoms with Gasteiger partial charge in [0.1, 0.15) is 0 Å². The third-order valence-electron chi connectivity index (χ3n) is 3.02. The molecular weight excluding hydrogens is 188 g/mol. The summed E-state index contributed by atoms with van der Waals surface area (Å²) < 4.78 is 0. The summed E-state index contributed by atoms with van der Waals surface area (Å²) in [4.78, 5) is 11.3. The first kappa shape index (κ1) is 12.5. The summed E-state index contributed by atoms with van der Waals surface area (Å²) in [6.45, 7) is 5.39. The van der Waals surface area contributed by atoms with Gasteiger partial charge in [-0.25, -0.2) is 0 Å². The van der Waals surface area contributed by atoms with Crippen LogP contribution in [0.25, 0.3) is 0 Å². The average molecular weight is 212 g/mol. The third-order valence-corrected chi connectivity index (χ3v) is 3.02. The molecule has 0 aromatic rings. The topological polar surface area (TPSA) is 41.1 Å². The summed E-state index contributed by atoms with van der Waals surface area (Å²) in [5.41, 5.74) is 0. The maximum atomic E-state index is 11.3. The minimum Gasteiger partial charge on any atom is -0.355 e. The molecule has 0 radical (unpaired) electrons. The van der Waals surface area contributed by atoms with Crippen LogP contribution in [0.3, 0.4) is 0 Å². The molecule has 0 aliphatic heterocycles. The smallest absolute Gasteiger partial charge is 0.233 e. The molecule has 1 saturated carbocycles. The Morgan fingerprint density at radius 3 is 2.60 bits per heavy atom. The molecule has 1 amide bonds. The van der Waals surface area contributed by atoms with E-state index in [9.17, 15) is 4.79 Å². The molecule has 0 aromatic heterocycles. The number of carbonyl (C=O) groups is 1. The van der Waals surface area contributed by atoms with E-state index in [2.05, 4.69) is 10.6 Å². The Hall–Kier alpha value is -0.570. The molecular formula is C12H24N2O. The first-order valence-electron chi connectivity index (χ1n) is 6.18. The van der Waals surface area contributed by atoms with Crippen LogP contribution in [0.1, 0.15) is 46.0 Å². The van der Waals surface area contributed by atoms with Crippen LogP contribution in [0.2, 0.25) is 0 Å². The fraction of sp³-hybridized carbons (Fsp3) is 0.917. The number of carbonyl (C=O) groups excluding carboxylic acids is 1. The molecule has 0 spiro atoms. The number of hydrogen-bond donors (Lipinski definition) is 2. The van der Waals surface area contributed by atoms with E-state index >= 15 is 0 Å². The quantitative estimate of drug-likeness (QED) is 0.703. The summed E-state index contributed by atoms with van der Waals surface area (Å²) in [6, 6.07) is 0.380. The van der Waals surface area contributed by atoms with E-state index in [-0.39, 0.29) is 5.91 Å². The highest BCUT2D eigenvalue weighted by molar-refractivity contribution is 5.77. The standard InChI is InChI=1S/C12H24N2O/c1-10(2)14-9-12(15)13-8-7-11-5-3-4-6-11/h10-11,14H,3-9H2,1-2H3,(H,13,15). The van der Waals surface area contributed by atoms with Gasteiger partial charge in [0.25, 0.3) is 0 Å². The van der Waals surface area contributed by atoms with Gasteiger partial charge in [-0.15, -0.1) is 0 Å². The van der Waals surface area contributed by atoms with Crippen molar-refractivity contribution < 1.29 is 4.79 Å². The zero-order valence-electron chi connectivity index (χ0n) is 10.0. The second kappa shape index (κ2) is 6.83. The van der Waals surface area contributed by atoms with E-state index in [1.165, 1.54) is 25.7 Å². The molecule has 0 atom stereocenters. The molecule has 0 bridgehead atoms. The van der Waals surface area contributed by atoms with Gasteiger partial charge >= 0.3 is 0 Å². The molecule has 0 heterocycles. The zero-order chi connectivity index (χ0) is 11.1. The molecule has 0 aromatic carbocycles. The van der Waals surface area contributed by atoms with Crippen LogP contribution in [0.5, 0.6) is 0 Å². The van der Waals surface area contributed by atoms with Gasteiger partial charge in [0.2, 0.25) is 5.91 Å². The van der Waals surface area contributed by atoms with Crippen molar-refractivity contribution in [1.82, 2.24) is 10.6 Å². The van der Waals surface area contributed by atoms with Crippen molar-refractivity contribution in [3.8, 4) is 0 Å². The van der Waals surface area contributed by atoms with Crippen molar-refractivity contribution in [3.05, 3.63) is 0 Å². The molecule has 2 N–H and O–H groups in total. The Kier molecular flexibility index (Phi) is 5.69. The van der Waals surface area contributed by atoms with Gasteiger partial charge in [-0.2, -0.15) is 0 Å². The van der Waals surface area contributed by atoms with E-state index in [4.69, 9.17) is 0 Å². The molecule has 1 rings (SSSR count). The van der Waals surface area contributed by atoms with E-state index < -0.39 is 0 Å². The maximum absolute atomic E-state index is 11.3. The summed E-state index contributed by atoms with van der Waals surface area (Å²) in [6.07, 6.45) is 6.65. The summed E-state index contributed by atoms with van der Waals surface area (Å²) in [5.74, 6) is 0.991. The van der Waals surface area contributed by atoms with Gasteiger partial charge in [0.05, 0.1) is 6.54 Å².